The molecule has 0 spiro atoms. The molecule has 3 aliphatic carbocycles. The lowest BCUT2D eigenvalue weighted by Crippen LogP contribution is -2.26. The van der Waals surface area contributed by atoms with Crippen LogP contribution in [0.25, 0.3) is 0 Å². The molecule has 2 bridgehead atoms. The molecule has 0 aromatic heterocycles. The van der Waals surface area contributed by atoms with Gasteiger partial charge in [-0.05, 0) is 56.1 Å². The van der Waals surface area contributed by atoms with E-state index in [9.17, 15) is 0 Å². The molecular weight excluding hydrogens is 152 g/mol. The van der Waals surface area contributed by atoms with Gasteiger partial charge in [0.05, 0.1) is 0 Å². The lowest BCUT2D eigenvalue weighted by Gasteiger charge is -2.25. The molecule has 0 nitrogen and oxygen atoms in total. The van der Waals surface area contributed by atoms with Gasteiger partial charge in [0.15, 0.2) is 0 Å². The Morgan fingerprint density at radius 3 is 2.64 bits per heavy atom. The molecule has 0 N–H and O–H groups in total. The Balaban J connectivity index is 1.90. The summed E-state index contributed by atoms with van der Waals surface area (Å²) < 4.78 is 0. The summed E-state index contributed by atoms with van der Waals surface area (Å²) in [5.74, 6) is 4.49. The van der Waals surface area contributed by atoms with Gasteiger partial charge in [-0.3, -0.25) is 0 Å². The van der Waals surface area contributed by atoms with Gasteiger partial charge in [-0.2, -0.15) is 0 Å². The molecule has 1 heteroatoms. The maximum absolute atomic E-state index is 3.88. The van der Waals surface area contributed by atoms with Gasteiger partial charge < -0.3 is 0 Å². The van der Waals surface area contributed by atoms with Crippen molar-refractivity contribution < 1.29 is 0 Å². The molecule has 0 aromatic rings. The average Bonchev–Trinajstić information content (AvgIpc) is 2.52. The summed E-state index contributed by atoms with van der Waals surface area (Å²) >= 11 is 3.88. The number of hydrogen-bond acceptors (Lipinski definition) is 0. The summed E-state index contributed by atoms with van der Waals surface area (Å²) in [4.78, 5) is 0. The van der Waals surface area contributed by atoms with Gasteiger partial charge in [0, 0.05) is 5.92 Å². The quantitative estimate of drug-likeness (QED) is 0.485. The van der Waals surface area contributed by atoms with Gasteiger partial charge in [0.1, 0.15) is 5.25 Å². The summed E-state index contributed by atoms with van der Waals surface area (Å²) in [6, 6.07) is 0. The molecule has 0 aliphatic heterocycles. The van der Waals surface area contributed by atoms with Gasteiger partial charge in [-0.1, -0.05) is 6.42 Å². The van der Waals surface area contributed by atoms with E-state index in [1.165, 1.54) is 12.8 Å². The van der Waals surface area contributed by atoms with Crippen LogP contribution in [0.1, 0.15) is 32.1 Å². The zero-order chi connectivity index (χ0) is 7.42. The molecule has 3 saturated carbocycles. The zero-order valence-corrected chi connectivity index (χ0v) is 7.92. The largest absolute Gasteiger partial charge is 0.117 e. The molecule has 5 atom stereocenters. The third-order valence-electron chi connectivity index (χ3n) is 4.43. The van der Waals surface area contributed by atoms with Crippen molar-refractivity contribution in [3.63, 3.8) is 0 Å². The fraction of sp³-hybridized carbons (Fsp3) is 1.00. The summed E-state index contributed by atoms with van der Waals surface area (Å²) in [6.45, 7) is 0. The molecule has 0 radical (unpaired) electrons. The average molecular weight is 169 g/mol. The SMILES string of the molecule is [SH2+]C1CC2CC1C1CCCC21. The fourth-order valence-corrected chi connectivity index (χ4v) is 4.75. The Morgan fingerprint density at radius 1 is 0.909 bits per heavy atom. The molecule has 0 saturated heterocycles. The number of rotatable bonds is 0. The summed E-state index contributed by atoms with van der Waals surface area (Å²) in [5, 5.41) is 0.888. The molecule has 62 valence electrons. The van der Waals surface area contributed by atoms with Crippen molar-refractivity contribution in [2.24, 2.45) is 23.7 Å². The second-order valence-electron chi connectivity index (χ2n) is 4.76. The van der Waals surface area contributed by atoms with Crippen molar-refractivity contribution in [3.05, 3.63) is 0 Å². The van der Waals surface area contributed by atoms with Gasteiger partial charge in [0.25, 0.3) is 0 Å². The van der Waals surface area contributed by atoms with Crippen molar-refractivity contribution >= 4 is 12.6 Å². The van der Waals surface area contributed by atoms with Gasteiger partial charge in [0.2, 0.25) is 0 Å². The molecular formula is C10H17S+. The Morgan fingerprint density at radius 2 is 1.73 bits per heavy atom. The normalized spacial score (nSPS) is 60.3. The highest BCUT2D eigenvalue weighted by Crippen LogP contribution is 2.58. The lowest BCUT2D eigenvalue weighted by molar-refractivity contribution is 0.266. The summed E-state index contributed by atoms with van der Waals surface area (Å²) in [5.41, 5.74) is 0. The van der Waals surface area contributed by atoms with E-state index in [-0.39, 0.29) is 0 Å². The third kappa shape index (κ3) is 0.783. The second-order valence-corrected chi connectivity index (χ2v) is 5.50. The first kappa shape index (κ1) is 6.82. The minimum Gasteiger partial charge on any atom is -0.0527 e. The van der Waals surface area contributed by atoms with E-state index in [4.69, 9.17) is 0 Å². The van der Waals surface area contributed by atoms with Crippen LogP contribution in [0.2, 0.25) is 0 Å². The van der Waals surface area contributed by atoms with Crippen LogP contribution in [0.4, 0.5) is 0 Å². The second kappa shape index (κ2) is 2.18. The van der Waals surface area contributed by atoms with E-state index in [0.717, 1.165) is 28.9 Å². The standard InChI is InChI=1S/C10H16S/c11-10-5-6-4-9(10)8-3-1-2-7(6)8/h6-11H,1-5H2/p+1. The molecule has 5 unspecified atom stereocenters. The number of fused-ring (bicyclic) bond motifs is 5. The monoisotopic (exact) mass is 169 g/mol. The van der Waals surface area contributed by atoms with Gasteiger partial charge >= 0.3 is 0 Å². The molecule has 0 amide bonds. The minimum absolute atomic E-state index is 0.888. The fourth-order valence-electron chi connectivity index (χ4n) is 4.07. The lowest BCUT2D eigenvalue weighted by atomic mass is 9.81. The van der Waals surface area contributed by atoms with Crippen molar-refractivity contribution in [3.8, 4) is 0 Å². The Labute approximate surface area is 74.2 Å². The number of hydrogen-bond donors (Lipinski definition) is 0. The van der Waals surface area contributed by atoms with Crippen LogP contribution in [0.3, 0.4) is 0 Å². The topological polar surface area (TPSA) is 0 Å². The Bertz CT molecular complexity index is 178. The molecule has 0 heterocycles. The van der Waals surface area contributed by atoms with Crippen molar-refractivity contribution in [2.45, 2.75) is 37.4 Å². The first-order valence-electron chi connectivity index (χ1n) is 5.07. The van der Waals surface area contributed by atoms with Crippen LogP contribution < -0.4 is 0 Å². The third-order valence-corrected chi connectivity index (χ3v) is 5.09. The van der Waals surface area contributed by atoms with Crippen LogP contribution in [-0.4, -0.2) is 5.25 Å². The van der Waals surface area contributed by atoms with Crippen LogP contribution >= 0.6 is 0 Å². The first-order valence-corrected chi connectivity index (χ1v) is 5.65. The van der Waals surface area contributed by atoms with Crippen LogP contribution in [-0.2, 0) is 12.6 Å². The van der Waals surface area contributed by atoms with Crippen LogP contribution in [0.5, 0.6) is 0 Å². The van der Waals surface area contributed by atoms with Gasteiger partial charge in [-0.25, -0.2) is 0 Å². The maximum Gasteiger partial charge on any atom is 0.117 e. The molecule has 3 rings (SSSR count). The molecule has 3 fully saturated rings. The van der Waals surface area contributed by atoms with Crippen molar-refractivity contribution in [2.75, 3.05) is 0 Å². The Hall–Kier alpha value is 0.350. The summed E-state index contributed by atoms with van der Waals surface area (Å²) in [7, 11) is 0. The van der Waals surface area contributed by atoms with E-state index in [1.54, 1.807) is 19.3 Å². The molecule has 11 heavy (non-hydrogen) atoms. The van der Waals surface area contributed by atoms with Crippen LogP contribution in [0.15, 0.2) is 0 Å². The Kier molecular flexibility index (Phi) is 1.36. The highest BCUT2D eigenvalue weighted by atomic mass is 32.1. The smallest absolute Gasteiger partial charge is 0.0527 e. The van der Waals surface area contributed by atoms with Gasteiger partial charge in [-0.15, -0.1) is 0 Å². The van der Waals surface area contributed by atoms with Crippen LogP contribution in [0, 0.1) is 23.7 Å². The van der Waals surface area contributed by atoms with E-state index in [2.05, 4.69) is 12.6 Å². The van der Waals surface area contributed by atoms with E-state index in [0.29, 0.717) is 0 Å². The summed E-state index contributed by atoms with van der Waals surface area (Å²) in [6.07, 6.45) is 7.69. The van der Waals surface area contributed by atoms with E-state index in [1.807, 2.05) is 0 Å². The predicted octanol–water partition coefficient (Wildman–Crippen LogP) is 1.82. The molecule has 3 aliphatic rings. The first-order chi connectivity index (χ1) is 5.36. The van der Waals surface area contributed by atoms with Crippen molar-refractivity contribution in [1.29, 1.82) is 0 Å². The maximum atomic E-state index is 3.88. The van der Waals surface area contributed by atoms with E-state index >= 15 is 0 Å². The zero-order valence-electron chi connectivity index (χ0n) is 6.92. The highest BCUT2D eigenvalue weighted by Gasteiger charge is 2.54. The van der Waals surface area contributed by atoms with E-state index < -0.39 is 0 Å². The predicted molar refractivity (Wildman–Crippen MR) is 51.0 cm³/mol. The molecule has 0 aromatic carbocycles. The van der Waals surface area contributed by atoms with Crippen molar-refractivity contribution in [1.82, 2.24) is 0 Å². The minimum atomic E-state index is 0.888. The highest BCUT2D eigenvalue weighted by molar-refractivity contribution is 7.59.